The maximum Gasteiger partial charge on any atom is 0.332 e. The first-order valence-electron chi connectivity index (χ1n) is 4.03. The summed E-state index contributed by atoms with van der Waals surface area (Å²) in [5.74, 6) is 0. The van der Waals surface area contributed by atoms with Crippen LogP contribution in [0.5, 0.6) is 0 Å². The first-order valence-corrected chi connectivity index (χ1v) is 4.41. The smallest absolute Gasteiger partial charge is 0.332 e. The predicted molar refractivity (Wildman–Crippen MR) is 58.4 cm³/mol. The van der Waals surface area contributed by atoms with E-state index in [2.05, 4.69) is 5.10 Å². The van der Waals surface area contributed by atoms with Crippen molar-refractivity contribution in [2.24, 2.45) is 10.8 Å². The number of hydrogen-bond acceptors (Lipinski definition) is 4. The fraction of sp³-hybridized carbons (Fsp3) is 0. The lowest BCUT2D eigenvalue weighted by Gasteiger charge is -1.96. The molecule has 2 amide bonds. The Kier molecular flexibility index (Phi) is 3.78. The van der Waals surface area contributed by atoms with Crippen LogP contribution < -0.4 is 11.2 Å². The third kappa shape index (κ3) is 3.21. The van der Waals surface area contributed by atoms with Gasteiger partial charge in [0, 0.05) is 11.6 Å². The monoisotopic (exact) mass is 242 g/mol. The second-order valence-electron chi connectivity index (χ2n) is 2.70. The van der Waals surface area contributed by atoms with Crippen molar-refractivity contribution >= 4 is 29.5 Å². The second-order valence-corrected chi connectivity index (χ2v) is 3.11. The van der Waals surface area contributed by atoms with Gasteiger partial charge in [-0.15, -0.1) is 0 Å². The lowest BCUT2D eigenvalue weighted by Crippen LogP contribution is -2.24. The van der Waals surface area contributed by atoms with E-state index in [0.717, 1.165) is 0 Å². The minimum Gasteiger partial charge on any atom is -0.350 e. The molecule has 0 saturated heterocycles. The highest BCUT2D eigenvalue weighted by Gasteiger charge is 2.11. The average Bonchev–Trinajstić information content (AvgIpc) is 2.19. The summed E-state index contributed by atoms with van der Waals surface area (Å²) in [6, 6.07) is 3.29. The van der Waals surface area contributed by atoms with Gasteiger partial charge in [-0.25, -0.2) is 10.2 Å². The number of carbonyl (C=O) groups excluding carboxylic acids is 1. The number of urea groups is 1. The zero-order valence-corrected chi connectivity index (χ0v) is 8.64. The highest BCUT2D eigenvalue weighted by molar-refractivity contribution is 6.32. The topological polar surface area (TPSA) is 111 Å². The molecule has 1 rings (SSSR count). The van der Waals surface area contributed by atoms with E-state index in [1.54, 1.807) is 0 Å². The Balaban J connectivity index is 2.91. The molecule has 0 aliphatic heterocycles. The zero-order valence-electron chi connectivity index (χ0n) is 7.88. The zero-order chi connectivity index (χ0) is 12.1. The molecular formula is C8H7ClN4O3. The maximum absolute atomic E-state index is 10.5. The number of nitro groups is 1. The molecule has 0 aliphatic rings. The van der Waals surface area contributed by atoms with Crippen molar-refractivity contribution in [3.05, 3.63) is 38.9 Å². The van der Waals surface area contributed by atoms with Gasteiger partial charge in [-0.2, -0.15) is 5.10 Å². The van der Waals surface area contributed by atoms with Crippen LogP contribution in [0.25, 0.3) is 0 Å². The van der Waals surface area contributed by atoms with E-state index in [0.29, 0.717) is 5.56 Å². The van der Waals surface area contributed by atoms with E-state index >= 15 is 0 Å². The average molecular weight is 243 g/mol. The first-order chi connectivity index (χ1) is 7.50. The van der Waals surface area contributed by atoms with Crippen molar-refractivity contribution in [3.63, 3.8) is 0 Å². The summed E-state index contributed by atoms with van der Waals surface area (Å²) < 4.78 is 0. The Hall–Kier alpha value is -2.15. The summed E-state index contributed by atoms with van der Waals surface area (Å²) in [5, 5.41) is 14.0. The van der Waals surface area contributed by atoms with E-state index in [-0.39, 0.29) is 10.7 Å². The fourth-order valence-corrected chi connectivity index (χ4v) is 1.11. The molecule has 0 unspecified atom stereocenters. The van der Waals surface area contributed by atoms with Gasteiger partial charge in [0.1, 0.15) is 5.02 Å². The Morgan fingerprint density at radius 2 is 2.31 bits per heavy atom. The highest BCUT2D eigenvalue weighted by Crippen LogP contribution is 2.24. The Bertz CT molecular complexity index is 461. The quantitative estimate of drug-likeness (QED) is 0.473. The van der Waals surface area contributed by atoms with Crippen LogP contribution in [0.2, 0.25) is 5.02 Å². The van der Waals surface area contributed by atoms with Gasteiger partial charge in [-0.05, 0) is 6.07 Å². The number of nitrogens with zero attached hydrogens (tertiary/aromatic N) is 2. The van der Waals surface area contributed by atoms with Crippen molar-refractivity contribution in [2.75, 3.05) is 0 Å². The van der Waals surface area contributed by atoms with Crippen LogP contribution in [-0.4, -0.2) is 17.2 Å². The molecule has 0 aromatic heterocycles. The van der Waals surface area contributed by atoms with Gasteiger partial charge in [-0.1, -0.05) is 17.7 Å². The van der Waals surface area contributed by atoms with E-state index in [1.165, 1.54) is 24.4 Å². The maximum atomic E-state index is 10.5. The highest BCUT2D eigenvalue weighted by atomic mass is 35.5. The third-order valence-electron chi connectivity index (χ3n) is 1.56. The standard InChI is InChI=1S/C8H7ClN4O3/c9-6-2-1-5(3-7(6)13(15)16)4-11-12-8(10)14/h1-4H,(H3,10,12,14)/b11-4-. The van der Waals surface area contributed by atoms with Gasteiger partial charge in [0.25, 0.3) is 5.69 Å². The van der Waals surface area contributed by atoms with Crippen LogP contribution in [0.15, 0.2) is 23.3 Å². The Morgan fingerprint density at radius 1 is 1.62 bits per heavy atom. The van der Waals surface area contributed by atoms with Crippen LogP contribution in [0.1, 0.15) is 5.56 Å². The number of primary amides is 1. The molecule has 3 N–H and O–H groups in total. The fourth-order valence-electron chi connectivity index (χ4n) is 0.920. The minimum absolute atomic E-state index is 0.0324. The van der Waals surface area contributed by atoms with E-state index in [9.17, 15) is 14.9 Å². The molecule has 0 radical (unpaired) electrons. The molecule has 7 nitrogen and oxygen atoms in total. The van der Waals surface area contributed by atoms with E-state index < -0.39 is 11.0 Å². The summed E-state index contributed by atoms with van der Waals surface area (Å²) >= 11 is 5.60. The number of nitrogens with one attached hydrogen (secondary N) is 1. The van der Waals surface area contributed by atoms with Crippen molar-refractivity contribution in [1.29, 1.82) is 0 Å². The largest absolute Gasteiger partial charge is 0.350 e. The van der Waals surface area contributed by atoms with Crippen molar-refractivity contribution in [3.8, 4) is 0 Å². The number of rotatable bonds is 3. The van der Waals surface area contributed by atoms with Crippen molar-refractivity contribution in [2.45, 2.75) is 0 Å². The van der Waals surface area contributed by atoms with Gasteiger partial charge in [0.15, 0.2) is 0 Å². The molecule has 0 aliphatic carbocycles. The number of benzene rings is 1. The lowest BCUT2D eigenvalue weighted by atomic mass is 10.2. The molecule has 8 heteroatoms. The lowest BCUT2D eigenvalue weighted by molar-refractivity contribution is -0.384. The van der Waals surface area contributed by atoms with Crippen molar-refractivity contribution < 1.29 is 9.72 Å². The van der Waals surface area contributed by atoms with Crippen LogP contribution in [0.3, 0.4) is 0 Å². The molecule has 1 aromatic rings. The number of hydrazone groups is 1. The summed E-state index contributed by atoms with van der Waals surface area (Å²) in [6.45, 7) is 0. The normalized spacial score (nSPS) is 10.3. The molecule has 0 heterocycles. The summed E-state index contributed by atoms with van der Waals surface area (Å²) in [4.78, 5) is 20.2. The van der Waals surface area contributed by atoms with E-state index in [1.807, 2.05) is 5.43 Å². The minimum atomic E-state index is -0.820. The molecule has 0 bridgehead atoms. The predicted octanol–water partition coefficient (Wildman–Crippen LogP) is 1.25. The molecule has 0 atom stereocenters. The molecule has 0 saturated carbocycles. The van der Waals surface area contributed by atoms with Gasteiger partial charge >= 0.3 is 6.03 Å². The molecule has 84 valence electrons. The van der Waals surface area contributed by atoms with E-state index in [4.69, 9.17) is 17.3 Å². The third-order valence-corrected chi connectivity index (χ3v) is 1.87. The first kappa shape index (κ1) is 11.9. The Morgan fingerprint density at radius 3 is 2.88 bits per heavy atom. The molecule has 1 aromatic carbocycles. The van der Waals surface area contributed by atoms with Gasteiger partial charge in [0.05, 0.1) is 11.1 Å². The molecule has 0 fully saturated rings. The number of nitrogens with two attached hydrogens (primary N) is 1. The number of hydrogen-bond donors (Lipinski definition) is 2. The molecule has 0 spiro atoms. The van der Waals surface area contributed by atoms with Crippen molar-refractivity contribution in [1.82, 2.24) is 5.43 Å². The number of amides is 2. The molecular weight excluding hydrogens is 236 g/mol. The Labute approximate surface area is 95.0 Å². The molecule has 16 heavy (non-hydrogen) atoms. The number of halogens is 1. The number of nitro benzene ring substituents is 1. The van der Waals surface area contributed by atoms with Gasteiger partial charge in [0.2, 0.25) is 0 Å². The van der Waals surface area contributed by atoms with Crippen LogP contribution >= 0.6 is 11.6 Å². The second kappa shape index (κ2) is 5.08. The van der Waals surface area contributed by atoms with Gasteiger partial charge in [-0.3, -0.25) is 10.1 Å². The number of carbonyl (C=O) groups is 1. The van der Waals surface area contributed by atoms with Gasteiger partial charge < -0.3 is 5.73 Å². The van der Waals surface area contributed by atoms with Crippen LogP contribution in [0, 0.1) is 10.1 Å². The van der Waals surface area contributed by atoms with Crippen LogP contribution in [0.4, 0.5) is 10.5 Å². The van der Waals surface area contributed by atoms with Crippen LogP contribution in [-0.2, 0) is 0 Å². The summed E-state index contributed by atoms with van der Waals surface area (Å²) in [6.07, 6.45) is 1.22. The SMILES string of the molecule is NC(=O)N/N=C\c1ccc(Cl)c([N+](=O)[O-])c1. The summed E-state index contributed by atoms with van der Waals surface area (Å²) in [7, 11) is 0. The summed E-state index contributed by atoms with van der Waals surface area (Å²) in [5.41, 5.74) is 6.92.